The van der Waals surface area contributed by atoms with Crippen molar-refractivity contribution >= 4 is 32.1 Å². The van der Waals surface area contributed by atoms with E-state index in [1.807, 2.05) is 0 Å². The molecule has 21 heavy (non-hydrogen) atoms. The van der Waals surface area contributed by atoms with Crippen molar-refractivity contribution < 1.29 is 38.2 Å². The molecule has 0 amide bonds. The number of carbonyl (C=O) groups excluding carboxylic acids is 1. The highest BCUT2D eigenvalue weighted by atomic mass is 32.2. The summed E-state index contributed by atoms with van der Waals surface area (Å²) in [6, 6.07) is 5.94. The van der Waals surface area contributed by atoms with Crippen LogP contribution < -0.4 is 4.74 Å². The standard InChI is InChI=1S/C10H14O8P2S/c1-18-8-4-2-7(3-5-8)10(11)21-6-9(19(12,13)14)20(15,16)17/h2-5,9H,6H2,1H3,(H2,12,13,14)(H2,15,16,17). The van der Waals surface area contributed by atoms with Crippen LogP contribution in [0.3, 0.4) is 0 Å². The molecule has 0 heterocycles. The van der Waals surface area contributed by atoms with Crippen LogP contribution in [0.5, 0.6) is 5.75 Å². The highest BCUT2D eigenvalue weighted by molar-refractivity contribution is 8.14. The minimum Gasteiger partial charge on any atom is -0.497 e. The molecule has 11 heteroatoms. The fraction of sp³-hybridized carbons (Fsp3) is 0.300. The third-order valence-electron chi connectivity index (χ3n) is 2.47. The second-order valence-corrected chi connectivity index (χ2v) is 8.99. The minimum absolute atomic E-state index is 0.232. The van der Waals surface area contributed by atoms with E-state index < -0.39 is 31.5 Å². The first-order valence-corrected chi connectivity index (χ1v) is 9.82. The second kappa shape index (κ2) is 7.07. The normalized spacial score (nSPS) is 12.5. The van der Waals surface area contributed by atoms with Crippen molar-refractivity contribution in [1.29, 1.82) is 0 Å². The third-order valence-corrected chi connectivity index (χ3v) is 7.68. The quantitative estimate of drug-likeness (QED) is 0.554. The van der Waals surface area contributed by atoms with Crippen LogP contribution in [0.2, 0.25) is 0 Å². The molecule has 0 radical (unpaired) electrons. The summed E-state index contributed by atoms with van der Waals surface area (Å²) in [5.74, 6) is -0.153. The summed E-state index contributed by atoms with van der Waals surface area (Å²) < 4.78 is 27.1. The van der Waals surface area contributed by atoms with Gasteiger partial charge in [0.1, 0.15) is 5.75 Å². The molecule has 0 bridgehead atoms. The highest BCUT2D eigenvalue weighted by Crippen LogP contribution is 2.60. The molecule has 118 valence electrons. The van der Waals surface area contributed by atoms with Crippen LogP contribution in [0.25, 0.3) is 0 Å². The fourth-order valence-electron chi connectivity index (χ4n) is 1.35. The molecule has 1 aromatic carbocycles. The summed E-state index contributed by atoms with van der Waals surface area (Å²) in [6.45, 7) is 0. The lowest BCUT2D eigenvalue weighted by Gasteiger charge is -2.18. The molecule has 0 aliphatic carbocycles. The Morgan fingerprint density at radius 2 is 1.62 bits per heavy atom. The number of ether oxygens (including phenoxy) is 1. The molecule has 0 saturated heterocycles. The van der Waals surface area contributed by atoms with Gasteiger partial charge in [-0.3, -0.25) is 13.9 Å². The van der Waals surface area contributed by atoms with Gasteiger partial charge < -0.3 is 24.3 Å². The van der Waals surface area contributed by atoms with E-state index in [2.05, 4.69) is 0 Å². The number of methoxy groups -OCH3 is 1. The van der Waals surface area contributed by atoms with E-state index in [0.29, 0.717) is 17.5 Å². The van der Waals surface area contributed by atoms with Crippen molar-refractivity contribution in [2.75, 3.05) is 12.9 Å². The van der Waals surface area contributed by atoms with E-state index in [1.54, 1.807) is 0 Å². The van der Waals surface area contributed by atoms with Crippen LogP contribution in [-0.2, 0) is 9.13 Å². The molecular weight excluding hydrogens is 342 g/mol. The average Bonchev–Trinajstić information content (AvgIpc) is 2.35. The lowest BCUT2D eigenvalue weighted by atomic mass is 10.2. The van der Waals surface area contributed by atoms with Gasteiger partial charge in [-0.2, -0.15) is 0 Å². The summed E-state index contributed by atoms with van der Waals surface area (Å²) >= 11 is 0.441. The van der Waals surface area contributed by atoms with Gasteiger partial charge in [0.2, 0.25) is 5.12 Å². The summed E-state index contributed by atoms with van der Waals surface area (Å²) in [7, 11) is -8.57. The Bertz CT molecular complexity index is 568. The largest absolute Gasteiger partial charge is 0.497 e. The zero-order chi connectivity index (χ0) is 16.3. The maximum Gasteiger partial charge on any atom is 0.341 e. The molecule has 1 aromatic rings. The van der Waals surface area contributed by atoms with E-state index in [9.17, 15) is 13.9 Å². The molecule has 0 saturated carbocycles. The maximum absolute atomic E-state index is 11.8. The number of rotatable bonds is 6. The number of thioether (sulfide) groups is 1. The van der Waals surface area contributed by atoms with Crippen molar-refractivity contribution in [2.45, 2.75) is 5.40 Å². The molecule has 0 aliphatic heterocycles. The lowest BCUT2D eigenvalue weighted by molar-refractivity contribution is 0.108. The second-order valence-electron chi connectivity index (χ2n) is 3.99. The lowest BCUT2D eigenvalue weighted by Crippen LogP contribution is -2.13. The summed E-state index contributed by atoms with van der Waals surface area (Å²) in [4.78, 5) is 47.6. The molecule has 8 nitrogen and oxygen atoms in total. The Labute approximate surface area is 124 Å². The van der Waals surface area contributed by atoms with E-state index in [-0.39, 0.29) is 5.56 Å². The minimum atomic E-state index is -5.01. The molecule has 0 unspecified atom stereocenters. The highest BCUT2D eigenvalue weighted by Gasteiger charge is 2.43. The Balaban J connectivity index is 2.78. The molecule has 1 rings (SSSR count). The van der Waals surface area contributed by atoms with E-state index in [1.165, 1.54) is 31.4 Å². The zero-order valence-corrected chi connectivity index (χ0v) is 13.4. The van der Waals surface area contributed by atoms with Gasteiger partial charge in [0.15, 0.2) is 5.40 Å². The number of hydrogen-bond donors (Lipinski definition) is 4. The SMILES string of the molecule is COc1ccc(C(=O)SCC(P(=O)(O)O)P(=O)(O)O)cc1. The molecule has 0 atom stereocenters. The third kappa shape index (κ3) is 5.56. The first-order valence-electron chi connectivity index (χ1n) is 5.47. The van der Waals surface area contributed by atoms with E-state index >= 15 is 0 Å². The van der Waals surface area contributed by atoms with Gasteiger partial charge in [-0.05, 0) is 24.3 Å². The van der Waals surface area contributed by atoms with Gasteiger partial charge in [-0.25, -0.2) is 0 Å². The van der Waals surface area contributed by atoms with Crippen molar-refractivity contribution in [1.82, 2.24) is 0 Å². The van der Waals surface area contributed by atoms with Crippen LogP contribution in [-0.4, -0.2) is 43.0 Å². The smallest absolute Gasteiger partial charge is 0.341 e. The number of benzene rings is 1. The van der Waals surface area contributed by atoms with Crippen LogP contribution in [0, 0.1) is 0 Å². The predicted molar refractivity (Wildman–Crippen MR) is 77.7 cm³/mol. The molecular formula is C10H14O8P2S. The van der Waals surface area contributed by atoms with Crippen molar-refractivity contribution in [3.63, 3.8) is 0 Å². The predicted octanol–water partition coefficient (Wildman–Crippen LogP) is 1.25. The van der Waals surface area contributed by atoms with Crippen LogP contribution >= 0.6 is 27.0 Å². The van der Waals surface area contributed by atoms with Crippen LogP contribution in [0.4, 0.5) is 0 Å². The monoisotopic (exact) mass is 356 g/mol. The summed E-state index contributed by atoms with van der Waals surface area (Å²) in [6.07, 6.45) is 0. The Morgan fingerprint density at radius 3 is 2.00 bits per heavy atom. The Kier molecular flexibility index (Phi) is 6.19. The van der Waals surface area contributed by atoms with E-state index in [4.69, 9.17) is 24.3 Å². The van der Waals surface area contributed by atoms with Crippen molar-refractivity contribution in [3.8, 4) is 5.75 Å². The Morgan fingerprint density at radius 1 is 1.14 bits per heavy atom. The van der Waals surface area contributed by atoms with Gasteiger partial charge in [-0.1, -0.05) is 11.8 Å². The molecule has 0 spiro atoms. The molecule has 0 fully saturated rings. The topological polar surface area (TPSA) is 141 Å². The zero-order valence-electron chi connectivity index (χ0n) is 10.8. The van der Waals surface area contributed by atoms with Gasteiger partial charge in [-0.15, -0.1) is 0 Å². The van der Waals surface area contributed by atoms with Gasteiger partial charge in [0.25, 0.3) is 0 Å². The van der Waals surface area contributed by atoms with Crippen LogP contribution in [0.1, 0.15) is 10.4 Å². The molecule has 4 N–H and O–H groups in total. The average molecular weight is 356 g/mol. The number of hydrogen-bond acceptors (Lipinski definition) is 5. The summed E-state index contributed by atoms with van der Waals surface area (Å²) in [5.41, 5.74) is 0.232. The maximum atomic E-state index is 11.8. The number of carbonyl (C=O) groups is 1. The summed E-state index contributed by atoms with van der Waals surface area (Å²) in [5, 5.41) is -2.75. The van der Waals surface area contributed by atoms with Crippen molar-refractivity contribution in [3.05, 3.63) is 29.8 Å². The fourth-order valence-corrected chi connectivity index (χ4v) is 5.52. The molecule has 0 aliphatic rings. The van der Waals surface area contributed by atoms with Crippen LogP contribution in [0.15, 0.2) is 24.3 Å². The van der Waals surface area contributed by atoms with Gasteiger partial charge in [0.05, 0.1) is 7.11 Å². The Hall–Kier alpha value is -0.660. The first kappa shape index (κ1) is 18.4. The van der Waals surface area contributed by atoms with Gasteiger partial charge >= 0.3 is 15.2 Å². The van der Waals surface area contributed by atoms with E-state index in [0.717, 1.165) is 0 Å². The molecule has 0 aromatic heterocycles. The first-order chi connectivity index (χ1) is 9.55. The van der Waals surface area contributed by atoms with Crippen molar-refractivity contribution in [2.24, 2.45) is 0 Å². The van der Waals surface area contributed by atoms with Gasteiger partial charge in [0, 0.05) is 11.3 Å².